The van der Waals surface area contributed by atoms with Crippen molar-refractivity contribution in [2.75, 3.05) is 16.4 Å². The fourth-order valence-corrected chi connectivity index (χ4v) is 4.24. The molecule has 9 nitrogen and oxygen atoms in total. The van der Waals surface area contributed by atoms with Crippen molar-refractivity contribution in [3.8, 4) is 11.5 Å². The Balaban J connectivity index is 1.25. The molecule has 0 bridgehead atoms. The standard InChI is InChI=1S/C22H17N5O4S2/c28-20(23-15-6-10-17(11-7-15)27(29)30)14-32-22-26-25-21(33-22)24-16-8-12-19(13-9-16)31-18-4-2-1-3-5-18/h1-13H,14H2,(H,23,28)(H,24,25). The van der Waals surface area contributed by atoms with Gasteiger partial charge in [-0.2, -0.15) is 0 Å². The lowest BCUT2D eigenvalue weighted by molar-refractivity contribution is -0.384. The van der Waals surface area contributed by atoms with Gasteiger partial charge >= 0.3 is 0 Å². The second-order valence-corrected chi connectivity index (χ2v) is 8.78. The summed E-state index contributed by atoms with van der Waals surface area (Å²) in [4.78, 5) is 22.3. The average molecular weight is 480 g/mol. The van der Waals surface area contributed by atoms with Gasteiger partial charge in [-0.1, -0.05) is 41.3 Å². The maximum Gasteiger partial charge on any atom is 0.269 e. The highest BCUT2D eigenvalue weighted by atomic mass is 32.2. The molecule has 0 fully saturated rings. The van der Waals surface area contributed by atoms with Crippen molar-refractivity contribution in [1.29, 1.82) is 0 Å². The molecule has 4 aromatic rings. The Hall–Kier alpha value is -3.96. The van der Waals surface area contributed by atoms with Crippen molar-refractivity contribution < 1.29 is 14.5 Å². The van der Waals surface area contributed by atoms with Gasteiger partial charge in [-0.3, -0.25) is 14.9 Å². The van der Waals surface area contributed by atoms with Crippen LogP contribution in [-0.2, 0) is 4.79 Å². The van der Waals surface area contributed by atoms with Gasteiger partial charge in [0.05, 0.1) is 10.7 Å². The zero-order valence-electron chi connectivity index (χ0n) is 17.0. The number of nitrogens with zero attached hydrogens (tertiary/aromatic N) is 3. The number of nitro benzene ring substituents is 1. The van der Waals surface area contributed by atoms with E-state index in [0.717, 1.165) is 17.2 Å². The molecule has 0 unspecified atom stereocenters. The van der Waals surface area contributed by atoms with Gasteiger partial charge in [-0.15, -0.1) is 10.2 Å². The molecule has 3 aromatic carbocycles. The highest BCUT2D eigenvalue weighted by molar-refractivity contribution is 8.01. The second kappa shape index (κ2) is 10.6. The minimum absolute atomic E-state index is 0.0328. The normalized spacial score (nSPS) is 10.4. The summed E-state index contributed by atoms with van der Waals surface area (Å²) in [6.45, 7) is 0. The Morgan fingerprint density at radius 2 is 1.61 bits per heavy atom. The summed E-state index contributed by atoms with van der Waals surface area (Å²) in [5, 5.41) is 25.3. The second-order valence-electron chi connectivity index (χ2n) is 6.58. The largest absolute Gasteiger partial charge is 0.457 e. The summed E-state index contributed by atoms with van der Waals surface area (Å²) in [7, 11) is 0. The third-order valence-corrected chi connectivity index (χ3v) is 6.15. The number of rotatable bonds is 9. The number of benzene rings is 3. The fourth-order valence-electron chi connectivity index (χ4n) is 2.66. The van der Waals surface area contributed by atoms with Crippen LogP contribution < -0.4 is 15.4 Å². The summed E-state index contributed by atoms with van der Waals surface area (Å²) in [6, 6.07) is 22.7. The number of aromatic nitrogens is 2. The molecular formula is C22H17N5O4S2. The first-order chi connectivity index (χ1) is 16.0. The molecule has 0 atom stereocenters. The van der Waals surface area contributed by atoms with Crippen LogP contribution in [0.1, 0.15) is 0 Å². The van der Waals surface area contributed by atoms with Crippen LogP contribution >= 0.6 is 23.1 Å². The molecule has 1 amide bonds. The van der Waals surface area contributed by atoms with Crippen LogP contribution in [0.5, 0.6) is 11.5 Å². The molecule has 0 aliphatic carbocycles. The van der Waals surface area contributed by atoms with Gasteiger partial charge in [-0.05, 0) is 48.5 Å². The summed E-state index contributed by atoms with van der Waals surface area (Å²) < 4.78 is 6.42. The molecule has 0 saturated carbocycles. The van der Waals surface area contributed by atoms with E-state index in [1.54, 1.807) is 0 Å². The number of amides is 1. The van der Waals surface area contributed by atoms with Crippen molar-refractivity contribution in [2.45, 2.75) is 4.34 Å². The summed E-state index contributed by atoms with van der Waals surface area (Å²) in [6.07, 6.45) is 0. The Bertz CT molecular complexity index is 1230. The Kier molecular flexibility index (Phi) is 7.12. The highest BCUT2D eigenvalue weighted by Crippen LogP contribution is 2.29. The lowest BCUT2D eigenvalue weighted by Gasteiger charge is -2.06. The van der Waals surface area contributed by atoms with Crippen molar-refractivity contribution in [3.05, 3.63) is 89.0 Å². The van der Waals surface area contributed by atoms with Crippen molar-refractivity contribution in [1.82, 2.24) is 10.2 Å². The van der Waals surface area contributed by atoms with Crippen molar-refractivity contribution in [2.24, 2.45) is 0 Å². The van der Waals surface area contributed by atoms with Crippen LogP contribution in [0.2, 0.25) is 0 Å². The minimum atomic E-state index is -0.491. The van der Waals surface area contributed by atoms with Gasteiger partial charge in [0.1, 0.15) is 11.5 Å². The van der Waals surface area contributed by atoms with E-state index in [9.17, 15) is 14.9 Å². The van der Waals surface area contributed by atoms with E-state index < -0.39 is 4.92 Å². The van der Waals surface area contributed by atoms with Crippen LogP contribution in [0.4, 0.5) is 22.2 Å². The van der Waals surface area contributed by atoms with Crippen LogP contribution in [-0.4, -0.2) is 26.8 Å². The lowest BCUT2D eigenvalue weighted by atomic mass is 10.3. The minimum Gasteiger partial charge on any atom is -0.457 e. The number of thioether (sulfide) groups is 1. The van der Waals surface area contributed by atoms with Crippen LogP contribution in [0.25, 0.3) is 0 Å². The summed E-state index contributed by atoms with van der Waals surface area (Å²) >= 11 is 2.59. The van der Waals surface area contributed by atoms with Crippen molar-refractivity contribution >= 4 is 51.2 Å². The molecule has 166 valence electrons. The fraction of sp³-hybridized carbons (Fsp3) is 0.0455. The number of nitro groups is 1. The molecule has 0 saturated heterocycles. The zero-order chi connectivity index (χ0) is 23.0. The van der Waals surface area contributed by atoms with E-state index in [-0.39, 0.29) is 17.3 Å². The monoisotopic (exact) mass is 479 g/mol. The molecule has 0 aliphatic rings. The molecule has 4 rings (SSSR count). The lowest BCUT2D eigenvalue weighted by Crippen LogP contribution is -2.13. The number of para-hydroxylation sites is 1. The van der Waals surface area contributed by atoms with E-state index in [0.29, 0.717) is 15.2 Å². The topological polar surface area (TPSA) is 119 Å². The Labute approximate surface area is 197 Å². The zero-order valence-corrected chi connectivity index (χ0v) is 18.6. The maximum absolute atomic E-state index is 12.1. The number of nitrogens with one attached hydrogen (secondary N) is 2. The number of carbonyl (C=O) groups excluding carboxylic acids is 1. The number of anilines is 3. The smallest absolute Gasteiger partial charge is 0.269 e. The number of hydrogen-bond acceptors (Lipinski definition) is 9. The van der Waals surface area contributed by atoms with E-state index in [4.69, 9.17) is 4.74 Å². The Morgan fingerprint density at radius 3 is 2.30 bits per heavy atom. The van der Waals surface area contributed by atoms with Crippen LogP contribution in [0.15, 0.2) is 83.2 Å². The van der Waals surface area contributed by atoms with Crippen molar-refractivity contribution in [3.63, 3.8) is 0 Å². The molecule has 33 heavy (non-hydrogen) atoms. The van der Waals surface area contributed by atoms with Gasteiger partial charge in [0.25, 0.3) is 5.69 Å². The highest BCUT2D eigenvalue weighted by Gasteiger charge is 2.10. The molecule has 0 spiro atoms. The number of hydrogen-bond donors (Lipinski definition) is 2. The first-order valence-electron chi connectivity index (χ1n) is 9.66. The van der Waals surface area contributed by atoms with Crippen LogP contribution in [0, 0.1) is 10.1 Å². The first kappa shape index (κ1) is 22.2. The Morgan fingerprint density at radius 1 is 0.939 bits per heavy atom. The predicted molar refractivity (Wildman–Crippen MR) is 129 cm³/mol. The van der Waals surface area contributed by atoms with Gasteiger partial charge in [0, 0.05) is 23.5 Å². The number of non-ortho nitro benzene ring substituents is 1. The van der Waals surface area contributed by atoms with Gasteiger partial charge in [0.15, 0.2) is 4.34 Å². The van der Waals surface area contributed by atoms with E-state index in [1.165, 1.54) is 47.4 Å². The molecular weight excluding hydrogens is 462 g/mol. The van der Waals surface area contributed by atoms with E-state index in [2.05, 4.69) is 20.8 Å². The molecule has 0 aliphatic heterocycles. The summed E-state index contributed by atoms with van der Waals surface area (Å²) in [5.41, 5.74) is 1.29. The van der Waals surface area contributed by atoms with E-state index >= 15 is 0 Å². The molecule has 0 radical (unpaired) electrons. The molecule has 2 N–H and O–H groups in total. The first-order valence-corrected chi connectivity index (χ1v) is 11.5. The third-order valence-electron chi connectivity index (χ3n) is 4.18. The summed E-state index contributed by atoms with van der Waals surface area (Å²) in [5.74, 6) is 1.38. The number of ether oxygens (including phenoxy) is 1. The van der Waals surface area contributed by atoms with Crippen LogP contribution in [0.3, 0.4) is 0 Å². The molecule has 11 heteroatoms. The third kappa shape index (κ3) is 6.51. The average Bonchev–Trinajstić information content (AvgIpc) is 3.27. The SMILES string of the molecule is O=C(CSc1nnc(Nc2ccc(Oc3ccccc3)cc2)s1)Nc1ccc([N+](=O)[O-])cc1. The maximum atomic E-state index is 12.1. The molecule has 1 heterocycles. The predicted octanol–water partition coefficient (Wildman–Crippen LogP) is 5.71. The van der Waals surface area contributed by atoms with Gasteiger partial charge < -0.3 is 15.4 Å². The van der Waals surface area contributed by atoms with Gasteiger partial charge in [0.2, 0.25) is 11.0 Å². The van der Waals surface area contributed by atoms with Gasteiger partial charge in [-0.25, -0.2) is 0 Å². The molecule has 1 aromatic heterocycles. The van der Waals surface area contributed by atoms with E-state index in [1.807, 2.05) is 54.6 Å². The quantitative estimate of drug-likeness (QED) is 0.178. The number of carbonyl (C=O) groups is 1.